The zero-order valence-corrected chi connectivity index (χ0v) is 15.9. The predicted molar refractivity (Wildman–Crippen MR) is 101 cm³/mol. The molecule has 2 aliphatic rings. The van der Waals surface area contributed by atoms with Gasteiger partial charge in [-0.05, 0) is 50.3 Å². The first-order valence-electron chi connectivity index (χ1n) is 9.87. The SMILES string of the molecule is CCOc1cccc(CN(C(=O)[C@@H]2CCCC[C@@H]2C(=O)NC)C2CC2)c1. The molecule has 5 heteroatoms. The Morgan fingerprint density at radius 2 is 1.88 bits per heavy atom. The average Bonchev–Trinajstić information content (AvgIpc) is 3.50. The van der Waals surface area contributed by atoms with Crippen molar-refractivity contribution in [2.75, 3.05) is 13.7 Å². The van der Waals surface area contributed by atoms with Crippen LogP contribution in [0, 0.1) is 11.8 Å². The van der Waals surface area contributed by atoms with E-state index < -0.39 is 0 Å². The molecule has 3 rings (SSSR count). The number of hydrogen-bond donors (Lipinski definition) is 1. The minimum atomic E-state index is -0.183. The van der Waals surface area contributed by atoms with Gasteiger partial charge in [-0.2, -0.15) is 0 Å². The van der Waals surface area contributed by atoms with Gasteiger partial charge in [-0.3, -0.25) is 9.59 Å². The second kappa shape index (κ2) is 8.56. The van der Waals surface area contributed by atoms with Crippen LogP contribution in [0.2, 0.25) is 0 Å². The minimum absolute atomic E-state index is 0.0112. The van der Waals surface area contributed by atoms with Crippen LogP contribution >= 0.6 is 0 Å². The summed E-state index contributed by atoms with van der Waals surface area (Å²) < 4.78 is 5.59. The lowest BCUT2D eigenvalue weighted by molar-refractivity contribution is -0.144. The largest absolute Gasteiger partial charge is 0.494 e. The van der Waals surface area contributed by atoms with Crippen LogP contribution in [0.25, 0.3) is 0 Å². The minimum Gasteiger partial charge on any atom is -0.494 e. The van der Waals surface area contributed by atoms with E-state index >= 15 is 0 Å². The fourth-order valence-electron chi connectivity index (χ4n) is 4.01. The van der Waals surface area contributed by atoms with Gasteiger partial charge in [0.1, 0.15) is 5.75 Å². The summed E-state index contributed by atoms with van der Waals surface area (Å²) in [5.41, 5.74) is 1.09. The molecule has 0 spiro atoms. The quantitative estimate of drug-likeness (QED) is 0.815. The Kier molecular flexibility index (Phi) is 6.17. The van der Waals surface area contributed by atoms with E-state index in [9.17, 15) is 9.59 Å². The summed E-state index contributed by atoms with van der Waals surface area (Å²) in [4.78, 5) is 27.6. The van der Waals surface area contributed by atoms with E-state index in [1.165, 1.54) is 0 Å². The van der Waals surface area contributed by atoms with Crippen LogP contribution in [-0.4, -0.2) is 36.4 Å². The predicted octanol–water partition coefficient (Wildman–Crippen LogP) is 3.13. The van der Waals surface area contributed by atoms with Crippen LogP contribution < -0.4 is 10.1 Å². The molecule has 0 aliphatic heterocycles. The molecule has 0 bridgehead atoms. The van der Waals surface area contributed by atoms with Crippen molar-refractivity contribution in [3.05, 3.63) is 29.8 Å². The van der Waals surface area contributed by atoms with Gasteiger partial charge < -0.3 is 15.0 Å². The molecular formula is C21H30N2O3. The van der Waals surface area contributed by atoms with Crippen LogP contribution in [0.3, 0.4) is 0 Å². The fraction of sp³-hybridized carbons (Fsp3) is 0.619. The maximum absolute atomic E-state index is 13.3. The highest BCUT2D eigenvalue weighted by Gasteiger charge is 2.41. The maximum Gasteiger partial charge on any atom is 0.227 e. The highest BCUT2D eigenvalue weighted by Crippen LogP contribution is 2.36. The standard InChI is InChI=1S/C21H30N2O3/c1-3-26-17-8-6-7-15(13-17)14-23(16-11-12-16)21(25)19-10-5-4-9-18(19)20(24)22-2/h6-8,13,16,18-19H,3-5,9-12,14H2,1-2H3,(H,22,24)/t18-,19+/m0/s1. The van der Waals surface area contributed by atoms with Crippen molar-refractivity contribution in [1.29, 1.82) is 0 Å². The molecule has 142 valence electrons. The van der Waals surface area contributed by atoms with Gasteiger partial charge in [0, 0.05) is 31.5 Å². The highest BCUT2D eigenvalue weighted by atomic mass is 16.5. The molecule has 26 heavy (non-hydrogen) atoms. The number of carbonyl (C=O) groups excluding carboxylic acids is 2. The van der Waals surface area contributed by atoms with Gasteiger partial charge >= 0.3 is 0 Å². The first-order valence-corrected chi connectivity index (χ1v) is 9.87. The van der Waals surface area contributed by atoms with Crippen molar-refractivity contribution in [3.63, 3.8) is 0 Å². The first kappa shape index (κ1) is 18.7. The van der Waals surface area contributed by atoms with Gasteiger partial charge in [-0.15, -0.1) is 0 Å². The lowest BCUT2D eigenvalue weighted by Crippen LogP contribution is -2.45. The summed E-state index contributed by atoms with van der Waals surface area (Å²) >= 11 is 0. The number of carbonyl (C=O) groups is 2. The van der Waals surface area contributed by atoms with Crippen molar-refractivity contribution in [2.24, 2.45) is 11.8 Å². The summed E-state index contributed by atoms with van der Waals surface area (Å²) in [5, 5.41) is 2.75. The molecule has 2 fully saturated rings. The number of benzene rings is 1. The van der Waals surface area contributed by atoms with Gasteiger partial charge in [0.25, 0.3) is 0 Å². The third-order valence-corrected chi connectivity index (χ3v) is 5.50. The van der Waals surface area contributed by atoms with Gasteiger partial charge in [0.15, 0.2) is 0 Å². The number of nitrogens with one attached hydrogen (secondary N) is 1. The third-order valence-electron chi connectivity index (χ3n) is 5.50. The van der Waals surface area contributed by atoms with E-state index in [1.807, 2.05) is 36.1 Å². The van der Waals surface area contributed by atoms with Crippen molar-refractivity contribution in [1.82, 2.24) is 10.2 Å². The van der Waals surface area contributed by atoms with Gasteiger partial charge in [-0.25, -0.2) is 0 Å². The first-order chi connectivity index (χ1) is 12.6. The number of amides is 2. The topological polar surface area (TPSA) is 58.6 Å². The van der Waals surface area contributed by atoms with Crippen LogP contribution in [-0.2, 0) is 16.1 Å². The van der Waals surface area contributed by atoms with Crippen molar-refractivity contribution in [2.45, 2.75) is 58.0 Å². The van der Waals surface area contributed by atoms with E-state index in [0.29, 0.717) is 19.2 Å². The highest BCUT2D eigenvalue weighted by molar-refractivity contribution is 5.88. The number of nitrogens with zero attached hydrogens (tertiary/aromatic N) is 1. The van der Waals surface area contributed by atoms with E-state index in [4.69, 9.17) is 4.74 Å². The summed E-state index contributed by atoms with van der Waals surface area (Å²) in [6.07, 6.45) is 5.82. The maximum atomic E-state index is 13.3. The molecule has 2 saturated carbocycles. The Morgan fingerprint density at radius 1 is 1.15 bits per heavy atom. The lowest BCUT2D eigenvalue weighted by atomic mass is 9.77. The Bertz CT molecular complexity index is 642. The Balaban J connectivity index is 1.75. The molecule has 2 aliphatic carbocycles. The summed E-state index contributed by atoms with van der Waals surface area (Å²) in [6.45, 7) is 3.20. The van der Waals surface area contributed by atoms with E-state index in [2.05, 4.69) is 5.32 Å². The van der Waals surface area contributed by atoms with Crippen LogP contribution in [0.4, 0.5) is 0 Å². The van der Waals surface area contributed by atoms with Gasteiger partial charge in [0.05, 0.1) is 6.61 Å². The van der Waals surface area contributed by atoms with E-state index in [-0.39, 0.29) is 23.7 Å². The second-order valence-corrected chi connectivity index (χ2v) is 7.39. The Morgan fingerprint density at radius 3 is 2.54 bits per heavy atom. The Labute approximate surface area is 156 Å². The molecule has 2 amide bonds. The molecule has 0 unspecified atom stereocenters. The van der Waals surface area contributed by atoms with Crippen LogP contribution in [0.15, 0.2) is 24.3 Å². The molecule has 0 radical (unpaired) electrons. The molecule has 1 N–H and O–H groups in total. The number of hydrogen-bond acceptors (Lipinski definition) is 3. The van der Waals surface area contributed by atoms with Crippen molar-refractivity contribution in [3.8, 4) is 5.75 Å². The molecule has 0 aromatic heterocycles. The van der Waals surface area contributed by atoms with Gasteiger partial charge in [0.2, 0.25) is 11.8 Å². The molecule has 0 heterocycles. The molecule has 5 nitrogen and oxygen atoms in total. The molecule has 1 aromatic rings. The summed E-state index contributed by atoms with van der Waals surface area (Å²) in [5.74, 6) is 0.644. The summed E-state index contributed by atoms with van der Waals surface area (Å²) in [7, 11) is 1.66. The number of rotatable bonds is 7. The molecular weight excluding hydrogens is 328 g/mol. The summed E-state index contributed by atoms with van der Waals surface area (Å²) in [6, 6.07) is 8.31. The van der Waals surface area contributed by atoms with E-state index in [1.54, 1.807) is 7.05 Å². The van der Waals surface area contributed by atoms with Crippen molar-refractivity contribution < 1.29 is 14.3 Å². The van der Waals surface area contributed by atoms with Crippen LogP contribution in [0.5, 0.6) is 5.75 Å². The normalized spacial score (nSPS) is 22.5. The van der Waals surface area contributed by atoms with E-state index in [0.717, 1.165) is 49.8 Å². The van der Waals surface area contributed by atoms with Crippen molar-refractivity contribution >= 4 is 11.8 Å². The monoisotopic (exact) mass is 358 g/mol. The lowest BCUT2D eigenvalue weighted by Gasteiger charge is -2.34. The zero-order chi connectivity index (χ0) is 18.5. The molecule has 1 aromatic carbocycles. The van der Waals surface area contributed by atoms with Gasteiger partial charge in [-0.1, -0.05) is 25.0 Å². The number of ether oxygens (including phenoxy) is 1. The second-order valence-electron chi connectivity index (χ2n) is 7.39. The molecule has 0 saturated heterocycles. The Hall–Kier alpha value is -2.04. The zero-order valence-electron chi connectivity index (χ0n) is 15.9. The fourth-order valence-corrected chi connectivity index (χ4v) is 4.01. The average molecular weight is 358 g/mol. The smallest absolute Gasteiger partial charge is 0.227 e. The van der Waals surface area contributed by atoms with Crippen LogP contribution in [0.1, 0.15) is 51.0 Å². The molecule has 2 atom stereocenters. The third kappa shape index (κ3) is 4.37.